The Morgan fingerprint density at radius 3 is 2.83 bits per heavy atom. The molecular weight excluding hydrogens is 328 g/mol. The fourth-order valence-electron chi connectivity index (χ4n) is 3.36. The van der Waals surface area contributed by atoms with Crippen LogP contribution in [0.5, 0.6) is 0 Å². The summed E-state index contributed by atoms with van der Waals surface area (Å²) >= 11 is 1.46. The molecule has 2 aromatic rings. The molecule has 0 atom stereocenters. The number of carbonyl (C=O) groups excluding carboxylic acids is 2. The number of rotatable bonds is 2. The summed E-state index contributed by atoms with van der Waals surface area (Å²) in [5, 5.41) is 2.52. The van der Waals surface area contributed by atoms with Gasteiger partial charge in [-0.05, 0) is 17.9 Å². The zero-order valence-corrected chi connectivity index (χ0v) is 14.0. The Labute approximate surface area is 142 Å². The standard InChI is InChI=1S/C16H18N4O3S/c21-13-2-1-5-19(13)10-14(22)18-6-3-12-17-15-11(4-9-24-15)16(23)20(12)8-7-18/h4,9H,1-3,5-8,10H2. The van der Waals surface area contributed by atoms with E-state index in [1.54, 1.807) is 20.4 Å². The van der Waals surface area contributed by atoms with Crippen molar-refractivity contribution in [3.63, 3.8) is 0 Å². The second kappa shape index (κ2) is 6.01. The second-order valence-corrected chi connectivity index (χ2v) is 7.07. The van der Waals surface area contributed by atoms with Crippen molar-refractivity contribution < 1.29 is 9.59 Å². The zero-order chi connectivity index (χ0) is 16.7. The second-order valence-electron chi connectivity index (χ2n) is 6.17. The van der Waals surface area contributed by atoms with Crippen LogP contribution in [0.2, 0.25) is 0 Å². The summed E-state index contributed by atoms with van der Waals surface area (Å²) < 4.78 is 1.68. The summed E-state index contributed by atoms with van der Waals surface area (Å²) in [6.07, 6.45) is 1.92. The summed E-state index contributed by atoms with van der Waals surface area (Å²) in [6, 6.07) is 1.80. The van der Waals surface area contributed by atoms with Crippen LogP contribution in [-0.4, -0.2) is 57.3 Å². The minimum absolute atomic E-state index is 0.0275. The van der Waals surface area contributed by atoms with Crippen LogP contribution in [0.15, 0.2) is 16.2 Å². The van der Waals surface area contributed by atoms with Gasteiger partial charge in [-0.15, -0.1) is 11.3 Å². The van der Waals surface area contributed by atoms with Crippen molar-refractivity contribution in [2.45, 2.75) is 25.8 Å². The van der Waals surface area contributed by atoms with Gasteiger partial charge < -0.3 is 9.80 Å². The average molecular weight is 346 g/mol. The summed E-state index contributed by atoms with van der Waals surface area (Å²) in [4.78, 5) is 45.5. The molecule has 0 N–H and O–H groups in total. The third-order valence-electron chi connectivity index (χ3n) is 4.71. The molecule has 1 fully saturated rings. The lowest BCUT2D eigenvalue weighted by molar-refractivity contribution is -0.138. The lowest BCUT2D eigenvalue weighted by atomic mass is 10.3. The molecule has 0 saturated carbocycles. The van der Waals surface area contributed by atoms with Gasteiger partial charge in [-0.2, -0.15) is 0 Å². The highest BCUT2D eigenvalue weighted by Crippen LogP contribution is 2.17. The van der Waals surface area contributed by atoms with E-state index in [-0.39, 0.29) is 23.9 Å². The molecule has 4 heterocycles. The van der Waals surface area contributed by atoms with Gasteiger partial charge in [-0.25, -0.2) is 4.98 Å². The lowest BCUT2D eigenvalue weighted by Gasteiger charge is -2.23. The van der Waals surface area contributed by atoms with Crippen LogP contribution >= 0.6 is 11.3 Å². The van der Waals surface area contributed by atoms with Gasteiger partial charge in [0.1, 0.15) is 10.7 Å². The van der Waals surface area contributed by atoms with E-state index in [4.69, 9.17) is 0 Å². The molecule has 8 heteroatoms. The van der Waals surface area contributed by atoms with Gasteiger partial charge in [-0.3, -0.25) is 19.0 Å². The fourth-order valence-corrected chi connectivity index (χ4v) is 4.14. The van der Waals surface area contributed by atoms with Gasteiger partial charge in [0.2, 0.25) is 11.8 Å². The van der Waals surface area contributed by atoms with E-state index in [1.165, 1.54) is 11.3 Å². The summed E-state index contributed by atoms with van der Waals surface area (Å²) in [7, 11) is 0. The minimum Gasteiger partial charge on any atom is -0.339 e. The SMILES string of the molecule is O=C(CN1CCCC1=O)N1CCc2nc3sccc3c(=O)n2CC1. The van der Waals surface area contributed by atoms with E-state index in [9.17, 15) is 14.4 Å². The number of amides is 2. The molecule has 0 radical (unpaired) electrons. The van der Waals surface area contributed by atoms with Crippen LogP contribution in [0, 0.1) is 0 Å². The van der Waals surface area contributed by atoms with E-state index in [2.05, 4.69) is 4.98 Å². The highest BCUT2D eigenvalue weighted by atomic mass is 32.1. The number of carbonyl (C=O) groups is 2. The van der Waals surface area contributed by atoms with E-state index in [0.717, 1.165) is 17.1 Å². The van der Waals surface area contributed by atoms with Gasteiger partial charge in [0.05, 0.1) is 11.9 Å². The van der Waals surface area contributed by atoms with Crippen LogP contribution in [0.4, 0.5) is 0 Å². The number of likely N-dealkylation sites (tertiary alicyclic amines) is 1. The Balaban J connectivity index is 1.52. The molecule has 24 heavy (non-hydrogen) atoms. The van der Waals surface area contributed by atoms with Crippen molar-refractivity contribution in [2.75, 3.05) is 26.2 Å². The first-order valence-corrected chi connectivity index (χ1v) is 9.04. The topological polar surface area (TPSA) is 75.5 Å². The largest absolute Gasteiger partial charge is 0.339 e. The van der Waals surface area contributed by atoms with Crippen molar-refractivity contribution >= 4 is 33.4 Å². The third kappa shape index (κ3) is 2.60. The maximum atomic E-state index is 12.6. The van der Waals surface area contributed by atoms with Crippen LogP contribution in [-0.2, 0) is 22.6 Å². The van der Waals surface area contributed by atoms with Gasteiger partial charge in [0.15, 0.2) is 0 Å². The van der Waals surface area contributed by atoms with Gasteiger partial charge in [0, 0.05) is 39.0 Å². The normalized spacial score (nSPS) is 18.1. The monoisotopic (exact) mass is 346 g/mol. The third-order valence-corrected chi connectivity index (χ3v) is 5.52. The number of hydrogen-bond acceptors (Lipinski definition) is 5. The number of thiophene rings is 1. The molecule has 0 spiro atoms. The first-order valence-electron chi connectivity index (χ1n) is 8.16. The minimum atomic E-state index is -0.0482. The highest BCUT2D eigenvalue weighted by molar-refractivity contribution is 7.16. The molecule has 1 saturated heterocycles. The van der Waals surface area contributed by atoms with E-state index < -0.39 is 0 Å². The summed E-state index contributed by atoms with van der Waals surface area (Å²) in [6.45, 7) is 2.27. The van der Waals surface area contributed by atoms with Crippen LogP contribution in [0.25, 0.3) is 10.2 Å². The van der Waals surface area contributed by atoms with Crippen molar-refractivity contribution in [1.82, 2.24) is 19.4 Å². The van der Waals surface area contributed by atoms with Crippen molar-refractivity contribution in [3.05, 3.63) is 27.6 Å². The number of aromatic nitrogens is 2. The quantitative estimate of drug-likeness (QED) is 0.792. The van der Waals surface area contributed by atoms with E-state index >= 15 is 0 Å². The molecule has 0 aliphatic carbocycles. The van der Waals surface area contributed by atoms with E-state index in [1.807, 2.05) is 5.38 Å². The predicted octanol–water partition coefficient (Wildman–Crippen LogP) is 0.465. The number of fused-ring (bicyclic) bond motifs is 2. The Hall–Kier alpha value is -2.22. The van der Waals surface area contributed by atoms with Crippen LogP contribution in [0.3, 0.4) is 0 Å². The van der Waals surface area contributed by atoms with Gasteiger partial charge in [0.25, 0.3) is 5.56 Å². The Bertz CT molecular complexity index is 872. The summed E-state index contributed by atoms with van der Waals surface area (Å²) in [5.74, 6) is 0.745. The first-order chi connectivity index (χ1) is 11.6. The molecule has 4 rings (SSSR count). The van der Waals surface area contributed by atoms with Crippen LogP contribution < -0.4 is 5.56 Å². The summed E-state index contributed by atoms with van der Waals surface area (Å²) in [5.41, 5.74) is -0.0275. The Morgan fingerprint density at radius 1 is 1.17 bits per heavy atom. The highest BCUT2D eigenvalue weighted by Gasteiger charge is 2.26. The average Bonchev–Trinajstić information content (AvgIpc) is 3.12. The Kier molecular flexibility index (Phi) is 3.84. The lowest BCUT2D eigenvalue weighted by Crippen LogP contribution is -2.42. The molecule has 0 bridgehead atoms. The number of nitrogens with zero attached hydrogens (tertiary/aromatic N) is 4. The predicted molar refractivity (Wildman–Crippen MR) is 90.0 cm³/mol. The van der Waals surface area contributed by atoms with Gasteiger partial charge >= 0.3 is 0 Å². The molecule has 0 unspecified atom stereocenters. The maximum Gasteiger partial charge on any atom is 0.262 e. The number of hydrogen-bond donors (Lipinski definition) is 0. The molecule has 2 amide bonds. The van der Waals surface area contributed by atoms with E-state index in [0.29, 0.717) is 44.4 Å². The molecule has 2 aromatic heterocycles. The zero-order valence-electron chi connectivity index (χ0n) is 13.2. The maximum absolute atomic E-state index is 12.6. The molecule has 2 aliphatic heterocycles. The van der Waals surface area contributed by atoms with Crippen molar-refractivity contribution in [2.24, 2.45) is 0 Å². The first kappa shape index (κ1) is 15.3. The Morgan fingerprint density at radius 2 is 2.04 bits per heavy atom. The molecule has 7 nitrogen and oxygen atoms in total. The van der Waals surface area contributed by atoms with Crippen LogP contribution in [0.1, 0.15) is 18.7 Å². The molecule has 126 valence electrons. The van der Waals surface area contributed by atoms with Gasteiger partial charge in [-0.1, -0.05) is 0 Å². The molecule has 0 aromatic carbocycles. The van der Waals surface area contributed by atoms with Crippen molar-refractivity contribution in [1.29, 1.82) is 0 Å². The van der Waals surface area contributed by atoms with Crippen molar-refractivity contribution in [3.8, 4) is 0 Å². The fraction of sp³-hybridized carbons (Fsp3) is 0.500. The molecular formula is C16H18N4O3S. The molecule has 2 aliphatic rings. The smallest absolute Gasteiger partial charge is 0.262 e.